The van der Waals surface area contributed by atoms with E-state index in [0.29, 0.717) is 18.2 Å². The zero-order chi connectivity index (χ0) is 16.1. The van der Waals surface area contributed by atoms with Crippen molar-refractivity contribution in [3.8, 4) is 0 Å². The average Bonchev–Trinajstić information content (AvgIpc) is 3.16. The van der Waals surface area contributed by atoms with Gasteiger partial charge in [-0.2, -0.15) is 0 Å². The number of aliphatic hydroxyl groups is 1. The fourth-order valence-corrected chi connectivity index (χ4v) is 3.88. The van der Waals surface area contributed by atoms with E-state index in [4.69, 9.17) is 4.42 Å². The topological polar surface area (TPSA) is 65.7 Å². The van der Waals surface area contributed by atoms with E-state index in [2.05, 4.69) is 5.32 Å². The van der Waals surface area contributed by atoms with Crippen molar-refractivity contribution < 1.29 is 14.3 Å². The number of carbonyl (C=O) groups excluding carboxylic acids is 1. The first-order valence-electron chi connectivity index (χ1n) is 9.02. The Kier molecular flexibility index (Phi) is 5.60. The lowest BCUT2D eigenvalue weighted by Crippen LogP contribution is -2.47. The monoisotopic (exact) mass is 320 g/mol. The summed E-state index contributed by atoms with van der Waals surface area (Å²) in [7, 11) is 0. The van der Waals surface area contributed by atoms with Gasteiger partial charge < -0.3 is 19.7 Å². The van der Waals surface area contributed by atoms with Crippen LogP contribution in [0.25, 0.3) is 0 Å². The molecule has 5 heteroatoms. The van der Waals surface area contributed by atoms with E-state index in [-0.39, 0.29) is 12.1 Å². The Morgan fingerprint density at radius 1 is 1.26 bits per heavy atom. The number of aliphatic hydroxyl groups excluding tert-OH is 1. The van der Waals surface area contributed by atoms with E-state index in [9.17, 15) is 9.90 Å². The Morgan fingerprint density at radius 2 is 2.04 bits per heavy atom. The van der Waals surface area contributed by atoms with Crippen LogP contribution in [0.1, 0.15) is 69.7 Å². The molecule has 2 aliphatic rings. The molecule has 3 rings (SSSR count). The lowest BCUT2D eigenvalue weighted by molar-refractivity contribution is 0.107. The number of hydrogen-bond acceptors (Lipinski definition) is 3. The fourth-order valence-electron chi connectivity index (χ4n) is 3.88. The number of hydrogen-bond donors (Lipinski definition) is 2. The molecule has 1 aromatic rings. The van der Waals surface area contributed by atoms with Crippen LogP contribution in [0.4, 0.5) is 4.79 Å². The summed E-state index contributed by atoms with van der Waals surface area (Å²) >= 11 is 0. The maximum atomic E-state index is 12.6. The number of carbonyl (C=O) groups is 1. The van der Waals surface area contributed by atoms with Crippen LogP contribution in [0.3, 0.4) is 0 Å². The number of furan rings is 1. The van der Waals surface area contributed by atoms with Gasteiger partial charge in [0, 0.05) is 25.0 Å². The minimum absolute atomic E-state index is 0.0473. The third-order valence-corrected chi connectivity index (χ3v) is 5.19. The summed E-state index contributed by atoms with van der Waals surface area (Å²) < 4.78 is 5.27. The highest BCUT2D eigenvalue weighted by molar-refractivity contribution is 5.75. The molecule has 1 saturated heterocycles. The van der Waals surface area contributed by atoms with E-state index in [0.717, 1.165) is 32.2 Å². The summed E-state index contributed by atoms with van der Waals surface area (Å²) in [6, 6.07) is 4.03. The molecule has 2 unspecified atom stereocenters. The molecule has 1 aliphatic carbocycles. The molecule has 5 nitrogen and oxygen atoms in total. The second-order valence-electron chi connectivity index (χ2n) is 6.89. The molecule has 0 bridgehead atoms. The number of nitrogens with one attached hydrogen (secondary N) is 1. The molecule has 0 spiro atoms. The molecule has 2 amide bonds. The highest BCUT2D eigenvalue weighted by atomic mass is 16.4. The molecule has 1 aliphatic heterocycles. The van der Waals surface area contributed by atoms with Gasteiger partial charge in [-0.25, -0.2) is 4.79 Å². The maximum absolute atomic E-state index is 12.6. The molecule has 2 N–H and O–H groups in total. The third kappa shape index (κ3) is 4.28. The quantitative estimate of drug-likeness (QED) is 0.833. The van der Waals surface area contributed by atoms with Crippen LogP contribution in [-0.4, -0.2) is 34.7 Å². The maximum Gasteiger partial charge on any atom is 0.317 e. The highest BCUT2D eigenvalue weighted by Gasteiger charge is 2.32. The highest BCUT2D eigenvalue weighted by Crippen LogP contribution is 2.28. The predicted octanol–water partition coefficient (Wildman–Crippen LogP) is 3.60. The minimum atomic E-state index is -0.638. The third-order valence-electron chi connectivity index (χ3n) is 5.19. The van der Waals surface area contributed by atoms with Gasteiger partial charge in [-0.1, -0.05) is 25.7 Å². The van der Waals surface area contributed by atoms with Crippen molar-refractivity contribution in [3.63, 3.8) is 0 Å². The Hall–Kier alpha value is -1.49. The van der Waals surface area contributed by atoms with Gasteiger partial charge in [-0.05, 0) is 37.8 Å². The molecule has 1 saturated carbocycles. The van der Waals surface area contributed by atoms with Crippen LogP contribution in [0.15, 0.2) is 22.8 Å². The molecule has 128 valence electrons. The summed E-state index contributed by atoms with van der Waals surface area (Å²) in [4.78, 5) is 14.5. The number of rotatable bonds is 4. The van der Waals surface area contributed by atoms with E-state index in [1.54, 1.807) is 18.4 Å². The first-order valence-corrected chi connectivity index (χ1v) is 9.02. The first kappa shape index (κ1) is 16.4. The van der Waals surface area contributed by atoms with E-state index in [1.165, 1.54) is 25.7 Å². The van der Waals surface area contributed by atoms with Crippen molar-refractivity contribution in [1.82, 2.24) is 10.2 Å². The van der Waals surface area contributed by atoms with Crippen molar-refractivity contribution in [2.45, 2.75) is 76.0 Å². The molecule has 0 radical (unpaired) electrons. The number of nitrogens with zero attached hydrogens (tertiary/aromatic N) is 1. The van der Waals surface area contributed by atoms with Gasteiger partial charge in [-0.3, -0.25) is 0 Å². The molecule has 2 fully saturated rings. The lowest BCUT2D eigenvalue weighted by Gasteiger charge is -2.28. The van der Waals surface area contributed by atoms with Crippen LogP contribution in [0.5, 0.6) is 0 Å². The number of amides is 2. The standard InChI is InChI=1S/C18H28N2O3/c21-16(17-10-6-12-23-17)13-15-9-5-11-20(15)18(22)19-14-7-3-1-2-4-8-14/h6,10,12,14-16,21H,1-5,7-9,11,13H2,(H,19,22). The van der Waals surface area contributed by atoms with Gasteiger partial charge in [0.05, 0.1) is 6.26 Å². The molecule has 2 heterocycles. The normalized spacial score (nSPS) is 24.4. The van der Waals surface area contributed by atoms with Crippen LogP contribution in [0, 0.1) is 0 Å². The van der Waals surface area contributed by atoms with Crippen molar-refractivity contribution in [2.75, 3.05) is 6.54 Å². The Labute approximate surface area is 138 Å². The lowest BCUT2D eigenvalue weighted by atomic mass is 10.1. The second-order valence-corrected chi connectivity index (χ2v) is 6.89. The predicted molar refractivity (Wildman–Crippen MR) is 88.0 cm³/mol. The zero-order valence-electron chi connectivity index (χ0n) is 13.7. The molecule has 0 aromatic carbocycles. The Bertz CT molecular complexity index is 480. The first-order chi connectivity index (χ1) is 11.2. The minimum Gasteiger partial charge on any atom is -0.467 e. The van der Waals surface area contributed by atoms with Gasteiger partial charge in [0.15, 0.2) is 0 Å². The number of likely N-dealkylation sites (tertiary alicyclic amines) is 1. The summed E-state index contributed by atoms with van der Waals surface area (Å²) in [6.07, 6.45) is 10.6. The van der Waals surface area contributed by atoms with Crippen LogP contribution in [-0.2, 0) is 0 Å². The summed E-state index contributed by atoms with van der Waals surface area (Å²) in [5.74, 6) is 0.584. The largest absolute Gasteiger partial charge is 0.467 e. The van der Waals surface area contributed by atoms with Crippen molar-refractivity contribution >= 4 is 6.03 Å². The SMILES string of the molecule is O=C(NC1CCCCCC1)N1CCCC1CC(O)c1ccco1. The second kappa shape index (κ2) is 7.86. The molecule has 1 aromatic heterocycles. The van der Waals surface area contributed by atoms with Crippen molar-refractivity contribution in [3.05, 3.63) is 24.2 Å². The smallest absolute Gasteiger partial charge is 0.317 e. The molecular weight excluding hydrogens is 292 g/mol. The van der Waals surface area contributed by atoms with Crippen LogP contribution >= 0.6 is 0 Å². The van der Waals surface area contributed by atoms with Gasteiger partial charge in [0.1, 0.15) is 11.9 Å². The molecule has 2 atom stereocenters. The van der Waals surface area contributed by atoms with Crippen molar-refractivity contribution in [1.29, 1.82) is 0 Å². The molecular formula is C18H28N2O3. The van der Waals surface area contributed by atoms with E-state index in [1.807, 2.05) is 4.90 Å². The zero-order valence-corrected chi connectivity index (χ0v) is 13.7. The Balaban J connectivity index is 1.54. The van der Waals surface area contributed by atoms with Crippen LogP contribution < -0.4 is 5.32 Å². The van der Waals surface area contributed by atoms with Gasteiger partial charge >= 0.3 is 6.03 Å². The van der Waals surface area contributed by atoms with Crippen LogP contribution in [0.2, 0.25) is 0 Å². The van der Waals surface area contributed by atoms with Gasteiger partial charge in [0.2, 0.25) is 0 Å². The number of urea groups is 1. The molecule has 23 heavy (non-hydrogen) atoms. The average molecular weight is 320 g/mol. The Morgan fingerprint density at radius 3 is 2.74 bits per heavy atom. The summed E-state index contributed by atoms with van der Waals surface area (Å²) in [5.41, 5.74) is 0. The van der Waals surface area contributed by atoms with Gasteiger partial charge in [0.25, 0.3) is 0 Å². The van der Waals surface area contributed by atoms with E-state index < -0.39 is 6.10 Å². The fraction of sp³-hybridized carbons (Fsp3) is 0.722. The summed E-state index contributed by atoms with van der Waals surface area (Å²) in [6.45, 7) is 0.786. The van der Waals surface area contributed by atoms with Gasteiger partial charge in [-0.15, -0.1) is 0 Å². The summed E-state index contributed by atoms with van der Waals surface area (Å²) in [5, 5.41) is 13.5. The van der Waals surface area contributed by atoms with E-state index >= 15 is 0 Å². The van der Waals surface area contributed by atoms with Crippen molar-refractivity contribution in [2.24, 2.45) is 0 Å².